The van der Waals surface area contributed by atoms with Gasteiger partial charge in [-0.2, -0.15) is 0 Å². The molecule has 0 bridgehead atoms. The molecule has 2 N–H and O–H groups in total. The van der Waals surface area contributed by atoms with E-state index in [2.05, 4.69) is 27.3 Å². The highest BCUT2D eigenvalue weighted by atomic mass is 127. The van der Waals surface area contributed by atoms with Gasteiger partial charge in [0.05, 0.1) is 18.4 Å². The topological polar surface area (TPSA) is 61.5 Å². The molecule has 0 atom stereocenters. The van der Waals surface area contributed by atoms with Crippen LogP contribution in [0.4, 0.5) is 5.69 Å². The van der Waals surface area contributed by atoms with Crippen LogP contribution in [0.1, 0.15) is 15.9 Å². The molecule has 0 spiro atoms. The predicted octanol–water partition coefficient (Wildman–Crippen LogP) is 3.24. The van der Waals surface area contributed by atoms with Crippen molar-refractivity contribution in [1.29, 1.82) is 0 Å². The fourth-order valence-electron chi connectivity index (χ4n) is 1.65. The van der Waals surface area contributed by atoms with Gasteiger partial charge in [0.2, 0.25) is 0 Å². The zero-order valence-electron chi connectivity index (χ0n) is 10.9. The lowest BCUT2D eigenvalue weighted by Gasteiger charge is -2.10. The minimum Gasteiger partial charge on any atom is -0.487 e. The van der Waals surface area contributed by atoms with Crippen LogP contribution in [0, 0.1) is 3.57 Å². The first kappa shape index (κ1) is 14.6. The van der Waals surface area contributed by atoms with Crippen molar-refractivity contribution in [2.45, 2.75) is 6.61 Å². The zero-order chi connectivity index (χ0) is 14.5. The summed E-state index contributed by atoms with van der Waals surface area (Å²) in [6.07, 6.45) is 0. The Morgan fingerprint density at radius 1 is 1.20 bits per heavy atom. The second kappa shape index (κ2) is 6.60. The van der Waals surface area contributed by atoms with Crippen molar-refractivity contribution in [2.24, 2.45) is 0 Å². The van der Waals surface area contributed by atoms with Crippen LogP contribution in [0.25, 0.3) is 0 Å². The molecule has 0 aromatic heterocycles. The van der Waals surface area contributed by atoms with Crippen molar-refractivity contribution >= 4 is 34.2 Å². The monoisotopic (exact) mass is 383 g/mol. The second-order valence-corrected chi connectivity index (χ2v) is 5.40. The number of hydrogen-bond acceptors (Lipinski definition) is 4. The van der Waals surface area contributed by atoms with Gasteiger partial charge >= 0.3 is 5.97 Å². The molecule has 0 saturated heterocycles. The molecule has 0 radical (unpaired) electrons. The number of rotatable bonds is 4. The van der Waals surface area contributed by atoms with Crippen molar-refractivity contribution in [2.75, 3.05) is 12.8 Å². The van der Waals surface area contributed by atoms with Crippen LogP contribution in [-0.2, 0) is 11.3 Å². The van der Waals surface area contributed by atoms with Crippen molar-refractivity contribution in [1.82, 2.24) is 0 Å². The Kier molecular flexibility index (Phi) is 4.84. The van der Waals surface area contributed by atoms with Crippen LogP contribution in [0.15, 0.2) is 42.5 Å². The molecule has 0 unspecified atom stereocenters. The van der Waals surface area contributed by atoms with Gasteiger partial charge in [-0.3, -0.25) is 0 Å². The highest BCUT2D eigenvalue weighted by molar-refractivity contribution is 14.1. The summed E-state index contributed by atoms with van der Waals surface area (Å²) in [5, 5.41) is 0. The Morgan fingerprint density at radius 2 is 1.90 bits per heavy atom. The fourth-order valence-corrected chi connectivity index (χ4v) is 2.01. The molecule has 0 aliphatic heterocycles. The maximum absolute atomic E-state index is 11.5. The van der Waals surface area contributed by atoms with Gasteiger partial charge in [0, 0.05) is 3.57 Å². The molecule has 20 heavy (non-hydrogen) atoms. The van der Waals surface area contributed by atoms with E-state index in [0.29, 0.717) is 23.6 Å². The third-order valence-electron chi connectivity index (χ3n) is 2.74. The zero-order valence-corrected chi connectivity index (χ0v) is 13.1. The summed E-state index contributed by atoms with van der Waals surface area (Å²) in [7, 11) is 1.34. The van der Waals surface area contributed by atoms with Crippen LogP contribution in [0.2, 0.25) is 0 Å². The van der Waals surface area contributed by atoms with E-state index >= 15 is 0 Å². The Hall–Kier alpha value is -1.76. The molecule has 2 rings (SSSR count). The molecule has 0 aliphatic carbocycles. The van der Waals surface area contributed by atoms with E-state index in [1.54, 1.807) is 18.2 Å². The van der Waals surface area contributed by atoms with Gasteiger partial charge < -0.3 is 15.2 Å². The summed E-state index contributed by atoms with van der Waals surface area (Å²) in [5.41, 5.74) is 7.78. The molecule has 5 heteroatoms. The van der Waals surface area contributed by atoms with Gasteiger partial charge in [-0.1, -0.05) is 12.1 Å². The summed E-state index contributed by atoms with van der Waals surface area (Å²) >= 11 is 2.25. The van der Waals surface area contributed by atoms with Crippen molar-refractivity contribution < 1.29 is 14.3 Å². The lowest BCUT2D eigenvalue weighted by Crippen LogP contribution is -2.04. The van der Waals surface area contributed by atoms with Crippen molar-refractivity contribution in [3.8, 4) is 5.75 Å². The lowest BCUT2D eigenvalue weighted by atomic mass is 10.2. The molecule has 104 valence electrons. The highest BCUT2D eigenvalue weighted by Crippen LogP contribution is 2.24. The minimum atomic E-state index is -0.413. The smallest absolute Gasteiger partial charge is 0.337 e. The fraction of sp³-hybridized carbons (Fsp3) is 0.133. The van der Waals surface area contributed by atoms with Crippen molar-refractivity contribution in [3.63, 3.8) is 0 Å². The Labute approximate surface area is 131 Å². The third kappa shape index (κ3) is 3.63. The molecular weight excluding hydrogens is 369 g/mol. The van der Waals surface area contributed by atoms with E-state index in [1.165, 1.54) is 10.7 Å². The molecule has 2 aromatic rings. The number of methoxy groups -OCH3 is 1. The number of benzene rings is 2. The molecule has 0 fully saturated rings. The van der Waals surface area contributed by atoms with E-state index in [1.807, 2.05) is 24.3 Å². The normalized spacial score (nSPS) is 10.1. The quantitative estimate of drug-likeness (QED) is 0.500. The highest BCUT2D eigenvalue weighted by Gasteiger charge is 2.09. The number of nitrogens with two attached hydrogens (primary N) is 1. The summed E-state index contributed by atoms with van der Waals surface area (Å²) in [6.45, 7) is 0.395. The maximum atomic E-state index is 11.5. The average Bonchev–Trinajstić information content (AvgIpc) is 2.47. The standard InChI is InChI=1S/C15H14INO3/c1-19-15(18)11-4-7-13(17)14(8-11)20-9-10-2-5-12(16)6-3-10/h2-8H,9,17H2,1H3. The van der Waals surface area contributed by atoms with Gasteiger partial charge in [0.25, 0.3) is 0 Å². The predicted molar refractivity (Wildman–Crippen MR) is 85.7 cm³/mol. The van der Waals surface area contributed by atoms with Crippen LogP contribution in [0.5, 0.6) is 5.75 Å². The minimum absolute atomic E-state index is 0.395. The number of halogens is 1. The summed E-state index contributed by atoms with van der Waals surface area (Å²) in [5.74, 6) is 0.0653. The second-order valence-electron chi connectivity index (χ2n) is 4.16. The van der Waals surface area contributed by atoms with Gasteiger partial charge in [-0.15, -0.1) is 0 Å². The van der Waals surface area contributed by atoms with Crippen LogP contribution in [0.3, 0.4) is 0 Å². The Bertz CT molecular complexity index is 611. The SMILES string of the molecule is COC(=O)c1ccc(N)c(OCc2ccc(I)cc2)c1. The lowest BCUT2D eigenvalue weighted by molar-refractivity contribution is 0.0600. The van der Waals surface area contributed by atoms with Crippen LogP contribution in [-0.4, -0.2) is 13.1 Å². The van der Waals surface area contributed by atoms with E-state index in [-0.39, 0.29) is 0 Å². The third-order valence-corrected chi connectivity index (χ3v) is 3.46. The van der Waals surface area contributed by atoms with Gasteiger partial charge in [0.15, 0.2) is 0 Å². The summed E-state index contributed by atoms with van der Waals surface area (Å²) < 4.78 is 11.5. The Balaban J connectivity index is 2.12. The molecular formula is C15H14INO3. The number of ether oxygens (including phenoxy) is 2. The molecule has 0 heterocycles. The molecule has 0 amide bonds. The van der Waals surface area contributed by atoms with Crippen LogP contribution >= 0.6 is 22.6 Å². The number of carbonyl (C=O) groups excluding carboxylic acids is 1. The number of esters is 1. The molecule has 4 nitrogen and oxygen atoms in total. The summed E-state index contributed by atoms with van der Waals surface area (Å²) in [6, 6.07) is 12.8. The number of nitrogen functional groups attached to an aromatic ring is 1. The largest absolute Gasteiger partial charge is 0.487 e. The van der Waals surface area contributed by atoms with E-state index in [9.17, 15) is 4.79 Å². The number of hydrogen-bond donors (Lipinski definition) is 1. The average molecular weight is 383 g/mol. The number of carbonyl (C=O) groups is 1. The van der Waals surface area contributed by atoms with Gasteiger partial charge in [-0.25, -0.2) is 4.79 Å². The first-order chi connectivity index (χ1) is 9.60. The number of anilines is 1. The van der Waals surface area contributed by atoms with E-state index in [4.69, 9.17) is 10.5 Å². The molecule has 2 aromatic carbocycles. The molecule has 0 aliphatic rings. The molecule has 0 saturated carbocycles. The first-order valence-electron chi connectivity index (χ1n) is 5.95. The van der Waals surface area contributed by atoms with Gasteiger partial charge in [0.1, 0.15) is 12.4 Å². The van der Waals surface area contributed by atoms with E-state index in [0.717, 1.165) is 5.56 Å². The maximum Gasteiger partial charge on any atom is 0.337 e. The van der Waals surface area contributed by atoms with E-state index < -0.39 is 5.97 Å². The first-order valence-corrected chi connectivity index (χ1v) is 7.03. The summed E-state index contributed by atoms with van der Waals surface area (Å²) in [4.78, 5) is 11.5. The Morgan fingerprint density at radius 3 is 2.55 bits per heavy atom. The van der Waals surface area contributed by atoms with Crippen LogP contribution < -0.4 is 10.5 Å². The van der Waals surface area contributed by atoms with Crippen molar-refractivity contribution in [3.05, 3.63) is 57.2 Å². The van der Waals surface area contributed by atoms with Gasteiger partial charge in [-0.05, 0) is 58.5 Å².